The molecule has 1 aliphatic heterocycles. The minimum atomic E-state index is -0.298. The summed E-state index contributed by atoms with van der Waals surface area (Å²) in [5.74, 6) is 0.551. The molecule has 0 spiro atoms. The van der Waals surface area contributed by atoms with Crippen LogP contribution in [0.4, 0.5) is 0 Å². The number of H-pyrrole nitrogens is 1. The van der Waals surface area contributed by atoms with Gasteiger partial charge in [-0.3, -0.25) is 4.79 Å². The van der Waals surface area contributed by atoms with Crippen molar-refractivity contribution in [3.63, 3.8) is 0 Å². The highest BCUT2D eigenvalue weighted by Crippen LogP contribution is 2.38. The van der Waals surface area contributed by atoms with Crippen LogP contribution < -0.4 is 10.9 Å². The second kappa shape index (κ2) is 6.53. The Balaban J connectivity index is 1.67. The van der Waals surface area contributed by atoms with Crippen LogP contribution in [0.1, 0.15) is 51.9 Å². The molecule has 1 aromatic heterocycles. The summed E-state index contributed by atoms with van der Waals surface area (Å²) in [6, 6.07) is 7.41. The van der Waals surface area contributed by atoms with Gasteiger partial charge in [0, 0.05) is 15.7 Å². The smallest absolute Gasteiger partial charge is 0.195 e. The summed E-state index contributed by atoms with van der Waals surface area (Å²) < 4.78 is 6.94. The van der Waals surface area contributed by atoms with E-state index in [1.165, 1.54) is 12.8 Å². The predicted molar refractivity (Wildman–Crippen MR) is 99.8 cm³/mol. The molecular weight excluding hydrogens is 382 g/mol. The quantitative estimate of drug-likeness (QED) is 0.666. The zero-order chi connectivity index (χ0) is 17.6. The summed E-state index contributed by atoms with van der Waals surface area (Å²) in [5, 5.41) is 0. The number of rotatable bonds is 5. The summed E-state index contributed by atoms with van der Waals surface area (Å²) in [6.07, 6.45) is 3.81. The van der Waals surface area contributed by atoms with Crippen LogP contribution in [0.3, 0.4) is 0 Å². The molecule has 2 heterocycles. The van der Waals surface area contributed by atoms with E-state index in [1.807, 2.05) is 31.2 Å². The molecule has 1 aliphatic carbocycles. The van der Waals surface area contributed by atoms with Gasteiger partial charge in [0.15, 0.2) is 12.0 Å². The van der Waals surface area contributed by atoms with E-state index in [0.717, 1.165) is 21.4 Å². The van der Waals surface area contributed by atoms with Crippen molar-refractivity contribution < 1.29 is 9.53 Å². The van der Waals surface area contributed by atoms with Crippen molar-refractivity contribution >= 4 is 27.8 Å². The maximum absolute atomic E-state index is 13.0. The van der Waals surface area contributed by atoms with Crippen LogP contribution in [0.15, 0.2) is 35.3 Å². The van der Waals surface area contributed by atoms with Gasteiger partial charge in [-0.15, -0.1) is 0 Å². The Morgan fingerprint density at radius 3 is 2.84 bits per heavy atom. The molecule has 2 aromatic rings. The van der Waals surface area contributed by atoms with Crippen LogP contribution in [0.25, 0.3) is 6.08 Å². The lowest BCUT2D eigenvalue weighted by Crippen LogP contribution is -2.32. The normalized spacial score (nSPS) is 23.0. The Morgan fingerprint density at radius 2 is 2.16 bits per heavy atom. The zero-order valence-electron chi connectivity index (χ0n) is 13.9. The Labute approximate surface area is 154 Å². The van der Waals surface area contributed by atoms with Gasteiger partial charge in [-0.25, -0.2) is 10.9 Å². The van der Waals surface area contributed by atoms with E-state index in [0.29, 0.717) is 17.0 Å². The molecule has 0 amide bonds. The van der Waals surface area contributed by atoms with Crippen LogP contribution in [0.2, 0.25) is 0 Å². The third-order valence-corrected chi connectivity index (χ3v) is 5.28. The van der Waals surface area contributed by atoms with E-state index in [-0.39, 0.29) is 18.2 Å². The summed E-state index contributed by atoms with van der Waals surface area (Å²) in [6.45, 7) is 5.79. The molecule has 0 bridgehead atoms. The van der Waals surface area contributed by atoms with Crippen molar-refractivity contribution in [2.24, 2.45) is 5.92 Å². The number of hydrazine groups is 1. The van der Waals surface area contributed by atoms with Crippen molar-refractivity contribution in [2.75, 3.05) is 0 Å². The number of nitrogens with one attached hydrogen (secondary N) is 3. The molecule has 2 aliphatic rings. The highest BCUT2D eigenvalue weighted by atomic mass is 79.9. The van der Waals surface area contributed by atoms with E-state index in [1.54, 1.807) is 6.08 Å². The number of halogens is 1. The molecule has 25 heavy (non-hydrogen) atoms. The second-order valence-electron chi connectivity index (χ2n) is 6.56. The van der Waals surface area contributed by atoms with E-state index < -0.39 is 0 Å². The lowest BCUT2D eigenvalue weighted by Gasteiger charge is -2.11. The Kier molecular flexibility index (Phi) is 4.37. The summed E-state index contributed by atoms with van der Waals surface area (Å²) in [4.78, 5) is 16.4. The molecule has 0 radical (unpaired) electrons. The minimum absolute atomic E-state index is 0.0269. The molecule has 2 fully saturated rings. The van der Waals surface area contributed by atoms with Gasteiger partial charge in [-0.1, -0.05) is 34.6 Å². The number of aromatic nitrogens is 1. The molecule has 130 valence electrons. The molecule has 4 rings (SSSR count). The van der Waals surface area contributed by atoms with Crippen molar-refractivity contribution in [2.45, 2.75) is 32.2 Å². The Morgan fingerprint density at radius 1 is 1.36 bits per heavy atom. The number of carbonyl (C=O) groups excluding carboxylic acids is 1. The molecule has 1 saturated heterocycles. The molecule has 2 atom stereocenters. The SMILES string of the molecule is C=Cc1[nH]c(C2NNC(C3CC3)O2)c(C)c1C(=O)c1cccc(Br)c1. The van der Waals surface area contributed by atoms with Crippen molar-refractivity contribution in [3.05, 3.63) is 63.4 Å². The fourth-order valence-electron chi connectivity index (χ4n) is 3.26. The molecule has 2 unspecified atom stereocenters. The van der Waals surface area contributed by atoms with E-state index in [4.69, 9.17) is 4.74 Å². The minimum Gasteiger partial charge on any atom is -0.355 e. The fourth-order valence-corrected chi connectivity index (χ4v) is 3.66. The first kappa shape index (κ1) is 16.7. The van der Waals surface area contributed by atoms with Crippen molar-refractivity contribution in [1.82, 2.24) is 15.8 Å². The molecule has 1 saturated carbocycles. The van der Waals surface area contributed by atoms with E-state index in [9.17, 15) is 4.79 Å². The van der Waals surface area contributed by atoms with Gasteiger partial charge in [0.2, 0.25) is 0 Å². The predicted octanol–water partition coefficient (Wildman–Crippen LogP) is 3.82. The zero-order valence-corrected chi connectivity index (χ0v) is 15.5. The van der Waals surface area contributed by atoms with Crippen LogP contribution in [-0.4, -0.2) is 17.0 Å². The summed E-state index contributed by atoms with van der Waals surface area (Å²) >= 11 is 3.42. The Bertz CT molecular complexity index is 841. The number of ketones is 1. The molecule has 5 nitrogen and oxygen atoms in total. The van der Waals surface area contributed by atoms with Gasteiger partial charge in [-0.05, 0) is 49.5 Å². The van der Waals surface area contributed by atoms with E-state index in [2.05, 4.69) is 38.3 Å². The average Bonchev–Trinajstić information content (AvgIpc) is 3.25. The summed E-state index contributed by atoms with van der Waals surface area (Å²) in [5.41, 5.74) is 10.1. The number of carbonyl (C=O) groups is 1. The first-order valence-electron chi connectivity index (χ1n) is 8.40. The third kappa shape index (κ3) is 3.11. The van der Waals surface area contributed by atoms with Gasteiger partial charge >= 0.3 is 0 Å². The number of aromatic amines is 1. The maximum Gasteiger partial charge on any atom is 0.195 e. The average molecular weight is 402 g/mol. The fraction of sp³-hybridized carbons (Fsp3) is 0.316. The summed E-state index contributed by atoms with van der Waals surface area (Å²) in [7, 11) is 0. The first-order valence-corrected chi connectivity index (χ1v) is 9.19. The lowest BCUT2D eigenvalue weighted by molar-refractivity contribution is 0.0203. The molecule has 3 N–H and O–H groups in total. The van der Waals surface area contributed by atoms with E-state index >= 15 is 0 Å². The van der Waals surface area contributed by atoms with Crippen LogP contribution in [0, 0.1) is 12.8 Å². The Hall–Kier alpha value is -1.73. The highest BCUT2D eigenvalue weighted by Gasteiger charge is 2.39. The molecule has 6 heteroatoms. The standard InChI is InChI=1S/C19H20BrN3O2/c1-3-14-15(17(24)12-5-4-6-13(20)9-12)10(2)16(21-14)19-23-22-18(25-19)11-7-8-11/h3-6,9,11,18-19,21-23H,1,7-8H2,2H3. The monoisotopic (exact) mass is 401 g/mol. The van der Waals surface area contributed by atoms with Crippen molar-refractivity contribution in [1.29, 1.82) is 0 Å². The number of hydrogen-bond donors (Lipinski definition) is 3. The van der Waals surface area contributed by atoms with Gasteiger partial charge in [0.25, 0.3) is 0 Å². The highest BCUT2D eigenvalue weighted by molar-refractivity contribution is 9.10. The van der Waals surface area contributed by atoms with Gasteiger partial charge < -0.3 is 9.72 Å². The van der Waals surface area contributed by atoms with Crippen molar-refractivity contribution in [3.8, 4) is 0 Å². The maximum atomic E-state index is 13.0. The van der Waals surface area contributed by atoms with Crippen LogP contribution in [-0.2, 0) is 4.74 Å². The van der Waals surface area contributed by atoms with Gasteiger partial charge in [-0.2, -0.15) is 0 Å². The first-order chi connectivity index (χ1) is 12.1. The second-order valence-corrected chi connectivity index (χ2v) is 7.47. The third-order valence-electron chi connectivity index (χ3n) is 4.79. The lowest BCUT2D eigenvalue weighted by atomic mass is 9.99. The van der Waals surface area contributed by atoms with Gasteiger partial charge in [0.05, 0.1) is 11.3 Å². The van der Waals surface area contributed by atoms with Crippen LogP contribution >= 0.6 is 15.9 Å². The number of benzene rings is 1. The molecule has 1 aromatic carbocycles. The number of ether oxygens (including phenoxy) is 1. The topological polar surface area (TPSA) is 66.2 Å². The largest absolute Gasteiger partial charge is 0.355 e. The number of hydrogen-bond acceptors (Lipinski definition) is 4. The molecular formula is C19H20BrN3O2. The van der Waals surface area contributed by atoms with Gasteiger partial charge in [0.1, 0.15) is 6.23 Å². The van der Waals surface area contributed by atoms with Crippen LogP contribution in [0.5, 0.6) is 0 Å².